The Morgan fingerprint density at radius 1 is 1.61 bits per heavy atom. The van der Waals surface area contributed by atoms with Crippen LogP contribution in [0, 0.1) is 0 Å². The highest BCUT2D eigenvalue weighted by atomic mass is 16.3. The van der Waals surface area contributed by atoms with E-state index in [1.807, 2.05) is 18.3 Å². The second-order valence-corrected chi connectivity index (χ2v) is 4.66. The van der Waals surface area contributed by atoms with E-state index in [-0.39, 0.29) is 24.6 Å². The molecule has 2 heterocycles. The number of pyridine rings is 1. The largest absolute Gasteiger partial charge is 0.396 e. The van der Waals surface area contributed by atoms with Gasteiger partial charge in [0.2, 0.25) is 5.91 Å². The van der Waals surface area contributed by atoms with Crippen LogP contribution in [0.3, 0.4) is 0 Å². The maximum absolute atomic E-state index is 11.9. The Kier molecular flexibility index (Phi) is 4.28. The minimum Gasteiger partial charge on any atom is -0.396 e. The third kappa shape index (κ3) is 2.86. The Labute approximate surface area is 107 Å². The molecule has 5 nitrogen and oxygen atoms in total. The van der Waals surface area contributed by atoms with E-state index in [2.05, 4.69) is 22.1 Å². The summed E-state index contributed by atoms with van der Waals surface area (Å²) >= 11 is 0. The summed E-state index contributed by atoms with van der Waals surface area (Å²) in [7, 11) is 0. The van der Waals surface area contributed by atoms with Gasteiger partial charge in [-0.05, 0) is 25.0 Å². The SMILES string of the molecule is CC1CNC(=O)C(CCO)N1Cc1cccnc1. The molecule has 18 heavy (non-hydrogen) atoms. The van der Waals surface area contributed by atoms with Crippen LogP contribution in [0.5, 0.6) is 0 Å². The van der Waals surface area contributed by atoms with Gasteiger partial charge in [-0.2, -0.15) is 0 Å². The van der Waals surface area contributed by atoms with E-state index in [1.165, 1.54) is 0 Å². The van der Waals surface area contributed by atoms with Crippen LogP contribution in [0.25, 0.3) is 0 Å². The van der Waals surface area contributed by atoms with Crippen molar-refractivity contribution in [1.82, 2.24) is 15.2 Å². The second kappa shape index (κ2) is 5.93. The molecule has 2 N–H and O–H groups in total. The fourth-order valence-electron chi connectivity index (χ4n) is 2.33. The van der Waals surface area contributed by atoms with Gasteiger partial charge in [0, 0.05) is 38.1 Å². The molecular formula is C13H19N3O2. The summed E-state index contributed by atoms with van der Waals surface area (Å²) < 4.78 is 0. The van der Waals surface area contributed by atoms with E-state index in [4.69, 9.17) is 5.11 Å². The fourth-order valence-corrected chi connectivity index (χ4v) is 2.33. The quantitative estimate of drug-likeness (QED) is 0.797. The number of piperazine rings is 1. The summed E-state index contributed by atoms with van der Waals surface area (Å²) in [5.41, 5.74) is 1.09. The first-order chi connectivity index (χ1) is 8.72. The van der Waals surface area contributed by atoms with Crippen molar-refractivity contribution in [3.8, 4) is 0 Å². The Morgan fingerprint density at radius 3 is 3.11 bits per heavy atom. The summed E-state index contributed by atoms with van der Waals surface area (Å²) in [6, 6.07) is 3.91. The van der Waals surface area contributed by atoms with Gasteiger partial charge in [-0.15, -0.1) is 0 Å². The van der Waals surface area contributed by atoms with Gasteiger partial charge in [-0.25, -0.2) is 0 Å². The van der Waals surface area contributed by atoms with Crippen molar-refractivity contribution >= 4 is 5.91 Å². The molecule has 1 aliphatic heterocycles. The van der Waals surface area contributed by atoms with E-state index >= 15 is 0 Å². The van der Waals surface area contributed by atoms with Gasteiger partial charge in [-0.1, -0.05) is 6.07 Å². The minimum absolute atomic E-state index is 0.00559. The van der Waals surface area contributed by atoms with Gasteiger partial charge in [0.15, 0.2) is 0 Å². The standard InChI is InChI=1S/C13H19N3O2/c1-10-7-15-13(18)12(4-6-17)16(10)9-11-3-2-5-14-8-11/h2-3,5,8,10,12,17H,4,6-7,9H2,1H3,(H,15,18). The molecular weight excluding hydrogens is 230 g/mol. The molecule has 1 fully saturated rings. The van der Waals surface area contributed by atoms with Crippen LogP contribution in [0.1, 0.15) is 18.9 Å². The zero-order valence-corrected chi connectivity index (χ0v) is 10.5. The highest BCUT2D eigenvalue weighted by Gasteiger charge is 2.33. The third-order valence-corrected chi connectivity index (χ3v) is 3.33. The number of nitrogens with one attached hydrogen (secondary N) is 1. The molecule has 0 bridgehead atoms. The highest BCUT2D eigenvalue weighted by molar-refractivity contribution is 5.82. The number of aliphatic hydroxyl groups is 1. The molecule has 2 unspecified atom stereocenters. The van der Waals surface area contributed by atoms with Crippen LogP contribution in [0.15, 0.2) is 24.5 Å². The van der Waals surface area contributed by atoms with Crippen molar-refractivity contribution in [1.29, 1.82) is 0 Å². The Hall–Kier alpha value is -1.46. The van der Waals surface area contributed by atoms with Crippen molar-refractivity contribution < 1.29 is 9.90 Å². The predicted octanol–water partition coefficient (Wildman–Crippen LogP) is 0.153. The van der Waals surface area contributed by atoms with Gasteiger partial charge >= 0.3 is 0 Å². The molecule has 0 radical (unpaired) electrons. The first-order valence-electron chi connectivity index (χ1n) is 6.25. The number of carbonyl (C=O) groups excluding carboxylic acids is 1. The normalized spacial score (nSPS) is 24.9. The summed E-state index contributed by atoms with van der Waals surface area (Å²) in [6.45, 7) is 3.45. The van der Waals surface area contributed by atoms with E-state index in [0.29, 0.717) is 19.5 Å². The van der Waals surface area contributed by atoms with Crippen LogP contribution >= 0.6 is 0 Å². The predicted molar refractivity (Wildman–Crippen MR) is 67.7 cm³/mol. The molecule has 1 amide bonds. The maximum Gasteiger partial charge on any atom is 0.237 e. The smallest absolute Gasteiger partial charge is 0.237 e. The zero-order chi connectivity index (χ0) is 13.0. The number of amides is 1. The summed E-state index contributed by atoms with van der Waals surface area (Å²) in [5.74, 6) is 0.00559. The monoisotopic (exact) mass is 249 g/mol. The average Bonchev–Trinajstić information content (AvgIpc) is 2.39. The molecule has 1 aromatic heterocycles. The minimum atomic E-state index is -0.251. The fraction of sp³-hybridized carbons (Fsp3) is 0.538. The molecule has 0 aromatic carbocycles. The summed E-state index contributed by atoms with van der Waals surface area (Å²) in [6.07, 6.45) is 4.02. The Morgan fingerprint density at radius 2 is 2.44 bits per heavy atom. The molecule has 2 rings (SSSR count). The number of hydrogen-bond donors (Lipinski definition) is 2. The van der Waals surface area contributed by atoms with Gasteiger partial charge in [0.05, 0.1) is 6.04 Å². The second-order valence-electron chi connectivity index (χ2n) is 4.66. The number of aromatic nitrogens is 1. The molecule has 1 saturated heterocycles. The van der Waals surface area contributed by atoms with Gasteiger partial charge in [0.25, 0.3) is 0 Å². The van der Waals surface area contributed by atoms with Crippen molar-refractivity contribution in [2.24, 2.45) is 0 Å². The molecule has 5 heteroatoms. The van der Waals surface area contributed by atoms with Crippen LogP contribution < -0.4 is 5.32 Å². The molecule has 1 aliphatic rings. The third-order valence-electron chi connectivity index (χ3n) is 3.33. The Balaban J connectivity index is 2.13. The summed E-state index contributed by atoms with van der Waals surface area (Å²) in [5, 5.41) is 12.0. The van der Waals surface area contributed by atoms with Crippen molar-refractivity contribution in [2.45, 2.75) is 32.0 Å². The topological polar surface area (TPSA) is 65.5 Å². The van der Waals surface area contributed by atoms with Crippen LogP contribution in [0.4, 0.5) is 0 Å². The van der Waals surface area contributed by atoms with Crippen LogP contribution in [-0.4, -0.2) is 46.1 Å². The van der Waals surface area contributed by atoms with Gasteiger partial charge in [0.1, 0.15) is 0 Å². The van der Waals surface area contributed by atoms with E-state index in [9.17, 15) is 4.79 Å². The molecule has 0 spiro atoms. The molecule has 0 aliphatic carbocycles. The van der Waals surface area contributed by atoms with Gasteiger partial charge in [-0.3, -0.25) is 14.7 Å². The van der Waals surface area contributed by atoms with Crippen molar-refractivity contribution in [3.63, 3.8) is 0 Å². The van der Waals surface area contributed by atoms with Crippen LogP contribution in [0.2, 0.25) is 0 Å². The molecule has 0 saturated carbocycles. The lowest BCUT2D eigenvalue weighted by molar-refractivity contribution is -0.132. The Bertz CT molecular complexity index is 396. The number of aliphatic hydroxyl groups excluding tert-OH is 1. The van der Waals surface area contributed by atoms with Crippen LogP contribution in [-0.2, 0) is 11.3 Å². The van der Waals surface area contributed by atoms with E-state index in [1.54, 1.807) is 6.20 Å². The lowest BCUT2D eigenvalue weighted by atomic mass is 10.0. The number of nitrogens with zero attached hydrogens (tertiary/aromatic N) is 2. The van der Waals surface area contributed by atoms with Crippen molar-refractivity contribution in [3.05, 3.63) is 30.1 Å². The van der Waals surface area contributed by atoms with Crippen molar-refractivity contribution in [2.75, 3.05) is 13.2 Å². The lowest BCUT2D eigenvalue weighted by Gasteiger charge is -2.39. The summed E-state index contributed by atoms with van der Waals surface area (Å²) in [4.78, 5) is 18.1. The first kappa shape index (κ1) is 13.0. The molecule has 2 atom stereocenters. The number of hydrogen-bond acceptors (Lipinski definition) is 4. The van der Waals surface area contributed by atoms with E-state index < -0.39 is 0 Å². The molecule has 1 aromatic rings. The van der Waals surface area contributed by atoms with Gasteiger partial charge < -0.3 is 10.4 Å². The highest BCUT2D eigenvalue weighted by Crippen LogP contribution is 2.17. The first-order valence-corrected chi connectivity index (χ1v) is 6.25. The maximum atomic E-state index is 11.9. The number of rotatable bonds is 4. The van der Waals surface area contributed by atoms with E-state index in [0.717, 1.165) is 5.56 Å². The zero-order valence-electron chi connectivity index (χ0n) is 10.5. The number of carbonyl (C=O) groups is 1. The lowest BCUT2D eigenvalue weighted by Crippen LogP contribution is -2.59. The molecule has 98 valence electrons. The average molecular weight is 249 g/mol.